The molecule has 3 saturated heterocycles. The van der Waals surface area contributed by atoms with Gasteiger partial charge < -0.3 is 23.9 Å². The topological polar surface area (TPSA) is 65.6 Å². The summed E-state index contributed by atoms with van der Waals surface area (Å²) in [6.45, 7) is 4.22. The highest BCUT2D eigenvalue weighted by atomic mass is 35.5. The molecule has 5 atom stereocenters. The van der Waals surface area contributed by atoms with Crippen LogP contribution in [0.25, 0.3) is 33.3 Å². The van der Waals surface area contributed by atoms with Crippen LogP contribution < -0.4 is 4.74 Å². The Hall–Kier alpha value is -2.90. The number of fused-ring (bicyclic) bond motifs is 2. The van der Waals surface area contributed by atoms with E-state index in [2.05, 4.69) is 60.4 Å². The summed E-state index contributed by atoms with van der Waals surface area (Å²) in [5.41, 5.74) is 7.23. The minimum atomic E-state index is -0.169. The predicted molar refractivity (Wildman–Crippen MR) is 148 cm³/mol. The molecular formula is C31H31ClN2O4. The molecule has 1 aromatic heterocycles. The fourth-order valence-corrected chi connectivity index (χ4v) is 6.19. The highest BCUT2D eigenvalue weighted by Gasteiger charge is 2.47. The second-order valence-corrected chi connectivity index (χ2v) is 11.1. The van der Waals surface area contributed by atoms with Crippen LogP contribution in [0, 0.1) is 5.92 Å². The number of benzene rings is 3. The summed E-state index contributed by atoms with van der Waals surface area (Å²) in [6.07, 6.45) is 3.61. The van der Waals surface area contributed by atoms with Crippen molar-refractivity contribution in [2.75, 3.05) is 19.8 Å². The number of ether oxygens (including phenoxy) is 4. The van der Waals surface area contributed by atoms with Crippen LogP contribution >= 0.6 is 11.6 Å². The summed E-state index contributed by atoms with van der Waals surface area (Å²) < 4.78 is 23.9. The molecule has 7 heteroatoms. The molecule has 3 aliphatic rings. The summed E-state index contributed by atoms with van der Waals surface area (Å²) in [5.74, 6) is 0.382. The molecule has 38 heavy (non-hydrogen) atoms. The van der Waals surface area contributed by atoms with Crippen LogP contribution in [0.1, 0.15) is 37.9 Å². The van der Waals surface area contributed by atoms with E-state index in [1.54, 1.807) is 0 Å². The molecule has 3 fully saturated rings. The summed E-state index contributed by atoms with van der Waals surface area (Å²) in [4.78, 5) is 7.94. The maximum absolute atomic E-state index is 6.71. The molecule has 0 aliphatic carbocycles. The fourth-order valence-electron chi connectivity index (χ4n) is 5.92. The SMILES string of the molecule is C[C@@H]1CO[C@H]2[C@@H]1OC[C@H]2Oc1nc2cc(-c3ccc(-c4ccc(C5CCCCO5)cc4)cc3)c(Cl)cc2[nH]1. The van der Waals surface area contributed by atoms with Gasteiger partial charge in [-0.3, -0.25) is 0 Å². The number of rotatable bonds is 5. The second kappa shape index (κ2) is 10.0. The van der Waals surface area contributed by atoms with Crippen LogP contribution in [0.2, 0.25) is 5.02 Å². The third-order valence-electron chi connectivity index (χ3n) is 8.06. The number of nitrogens with zero attached hydrogens (tertiary/aromatic N) is 1. The van der Waals surface area contributed by atoms with Crippen molar-refractivity contribution in [1.29, 1.82) is 0 Å². The second-order valence-electron chi connectivity index (χ2n) is 10.7. The molecule has 4 aromatic rings. The average Bonchev–Trinajstić information content (AvgIpc) is 3.65. The van der Waals surface area contributed by atoms with E-state index in [1.807, 2.05) is 12.1 Å². The number of hydrogen-bond donors (Lipinski definition) is 1. The lowest BCUT2D eigenvalue weighted by atomic mass is 9.97. The van der Waals surface area contributed by atoms with Crippen LogP contribution in [0.4, 0.5) is 0 Å². The van der Waals surface area contributed by atoms with Crippen molar-refractivity contribution in [3.05, 3.63) is 71.2 Å². The van der Waals surface area contributed by atoms with Crippen molar-refractivity contribution in [2.45, 2.75) is 50.6 Å². The van der Waals surface area contributed by atoms with Gasteiger partial charge in [-0.2, -0.15) is 4.98 Å². The van der Waals surface area contributed by atoms with E-state index < -0.39 is 0 Å². The molecule has 0 bridgehead atoms. The maximum atomic E-state index is 6.71. The maximum Gasteiger partial charge on any atom is 0.295 e. The van der Waals surface area contributed by atoms with Crippen LogP contribution in [-0.2, 0) is 14.2 Å². The Bertz CT molecular complexity index is 1430. The molecule has 0 spiro atoms. The van der Waals surface area contributed by atoms with Crippen molar-refractivity contribution in [2.24, 2.45) is 5.92 Å². The Balaban J connectivity index is 1.09. The van der Waals surface area contributed by atoms with Gasteiger partial charge in [0.25, 0.3) is 6.01 Å². The smallest absolute Gasteiger partial charge is 0.295 e. The zero-order valence-corrected chi connectivity index (χ0v) is 22.1. The Kier molecular flexibility index (Phi) is 6.36. The lowest BCUT2D eigenvalue weighted by Gasteiger charge is -2.23. The number of hydrogen-bond acceptors (Lipinski definition) is 5. The monoisotopic (exact) mass is 530 g/mol. The molecule has 196 valence electrons. The molecule has 3 aliphatic heterocycles. The number of aromatic amines is 1. The molecule has 6 nitrogen and oxygen atoms in total. The van der Waals surface area contributed by atoms with E-state index >= 15 is 0 Å². The minimum Gasteiger partial charge on any atom is -0.456 e. The highest BCUT2D eigenvalue weighted by Crippen LogP contribution is 2.36. The van der Waals surface area contributed by atoms with Crippen molar-refractivity contribution < 1.29 is 18.9 Å². The molecule has 1 N–H and O–H groups in total. The van der Waals surface area contributed by atoms with Crippen LogP contribution in [0.3, 0.4) is 0 Å². The van der Waals surface area contributed by atoms with Gasteiger partial charge in [-0.25, -0.2) is 0 Å². The van der Waals surface area contributed by atoms with Crippen molar-refractivity contribution in [3.8, 4) is 28.3 Å². The van der Waals surface area contributed by atoms with Crippen molar-refractivity contribution in [1.82, 2.24) is 9.97 Å². The summed E-state index contributed by atoms with van der Waals surface area (Å²) in [5, 5.41) is 0.662. The van der Waals surface area contributed by atoms with E-state index in [-0.39, 0.29) is 24.4 Å². The zero-order chi connectivity index (χ0) is 25.6. The number of aromatic nitrogens is 2. The third kappa shape index (κ3) is 4.50. The Morgan fingerprint density at radius 2 is 1.61 bits per heavy atom. The van der Waals surface area contributed by atoms with Crippen LogP contribution in [-0.4, -0.2) is 48.1 Å². The van der Waals surface area contributed by atoms with E-state index in [9.17, 15) is 0 Å². The molecule has 7 rings (SSSR count). The zero-order valence-electron chi connectivity index (χ0n) is 21.4. The minimum absolute atomic E-state index is 0.0485. The molecule has 4 heterocycles. The highest BCUT2D eigenvalue weighted by molar-refractivity contribution is 6.34. The van der Waals surface area contributed by atoms with E-state index in [0.717, 1.165) is 40.8 Å². The first-order valence-electron chi connectivity index (χ1n) is 13.5. The van der Waals surface area contributed by atoms with Crippen molar-refractivity contribution >= 4 is 22.6 Å². The van der Waals surface area contributed by atoms with E-state index in [0.29, 0.717) is 30.2 Å². The van der Waals surface area contributed by atoms with Gasteiger partial charge in [0.2, 0.25) is 0 Å². The quantitative estimate of drug-likeness (QED) is 0.302. The molecule has 0 radical (unpaired) electrons. The first-order chi connectivity index (χ1) is 18.6. The standard InChI is InChI=1S/C31H31ClN2O4/c1-18-16-36-30-28(17-37-29(18)30)38-31-33-25-14-23(24(32)15-26(25)34-31)21-9-5-19(6-10-21)20-7-11-22(12-8-20)27-4-2-3-13-35-27/h5-12,14-15,18,27-30H,2-4,13,16-17H2,1H3,(H,33,34)/t18-,27?,28-,29-,30-/m1/s1. The molecule has 3 aromatic carbocycles. The number of nitrogens with one attached hydrogen (secondary N) is 1. The number of imidazole rings is 1. The van der Waals surface area contributed by atoms with Gasteiger partial charge in [0.05, 0.1) is 41.5 Å². The van der Waals surface area contributed by atoms with Gasteiger partial charge in [0.15, 0.2) is 6.10 Å². The van der Waals surface area contributed by atoms with E-state index in [4.69, 9.17) is 35.5 Å². The van der Waals surface area contributed by atoms with Gasteiger partial charge in [-0.05, 0) is 53.6 Å². The van der Waals surface area contributed by atoms with Gasteiger partial charge in [-0.15, -0.1) is 0 Å². The molecular weight excluding hydrogens is 500 g/mol. The first-order valence-corrected chi connectivity index (χ1v) is 13.9. The summed E-state index contributed by atoms with van der Waals surface area (Å²) in [7, 11) is 0. The van der Waals surface area contributed by atoms with E-state index in [1.165, 1.54) is 24.0 Å². The summed E-state index contributed by atoms with van der Waals surface area (Å²) >= 11 is 6.71. The normalized spacial score (nSPS) is 27.1. The van der Waals surface area contributed by atoms with Gasteiger partial charge in [-0.1, -0.05) is 67.1 Å². The van der Waals surface area contributed by atoms with Crippen LogP contribution in [0.15, 0.2) is 60.7 Å². The Morgan fingerprint density at radius 1 is 0.868 bits per heavy atom. The average molecular weight is 531 g/mol. The van der Waals surface area contributed by atoms with Gasteiger partial charge in [0, 0.05) is 18.1 Å². The largest absolute Gasteiger partial charge is 0.456 e. The lowest BCUT2D eigenvalue weighted by Crippen LogP contribution is -2.33. The molecule has 0 saturated carbocycles. The fraction of sp³-hybridized carbons (Fsp3) is 0.387. The third-order valence-corrected chi connectivity index (χ3v) is 8.37. The van der Waals surface area contributed by atoms with Crippen molar-refractivity contribution in [3.63, 3.8) is 0 Å². The number of H-pyrrole nitrogens is 1. The summed E-state index contributed by atoms with van der Waals surface area (Å²) in [6, 6.07) is 21.6. The lowest BCUT2D eigenvalue weighted by molar-refractivity contribution is 0.0149. The molecule has 0 amide bonds. The Labute approximate surface area is 227 Å². The first kappa shape index (κ1) is 24.2. The Morgan fingerprint density at radius 3 is 2.37 bits per heavy atom. The van der Waals surface area contributed by atoms with Gasteiger partial charge in [0.1, 0.15) is 6.10 Å². The predicted octanol–water partition coefficient (Wildman–Crippen LogP) is 6.97. The van der Waals surface area contributed by atoms with Gasteiger partial charge >= 0.3 is 0 Å². The number of halogens is 1. The molecule has 1 unspecified atom stereocenters. The van der Waals surface area contributed by atoms with Crippen LogP contribution in [0.5, 0.6) is 6.01 Å².